The second kappa shape index (κ2) is 11.9. The van der Waals surface area contributed by atoms with E-state index < -0.39 is 9.84 Å². The van der Waals surface area contributed by atoms with Gasteiger partial charge in [0.05, 0.1) is 11.4 Å². The summed E-state index contributed by atoms with van der Waals surface area (Å²) in [5.41, 5.74) is 2.11. The van der Waals surface area contributed by atoms with Crippen LogP contribution in [0.25, 0.3) is 0 Å². The van der Waals surface area contributed by atoms with Crippen LogP contribution in [-0.4, -0.2) is 50.6 Å². The lowest BCUT2D eigenvalue weighted by Crippen LogP contribution is -2.46. The highest BCUT2D eigenvalue weighted by molar-refractivity contribution is 7.90. The lowest BCUT2D eigenvalue weighted by Gasteiger charge is -2.36. The summed E-state index contributed by atoms with van der Waals surface area (Å²) in [7, 11) is -3.21. The number of amides is 3. The zero-order valence-electron chi connectivity index (χ0n) is 20.9. The smallest absolute Gasteiger partial charge is 0.319 e. The van der Waals surface area contributed by atoms with E-state index in [-0.39, 0.29) is 24.0 Å². The van der Waals surface area contributed by atoms with Crippen molar-refractivity contribution in [3.8, 4) is 0 Å². The number of nitrogens with zero attached hydrogens (tertiary/aromatic N) is 1. The number of urea groups is 1. The van der Waals surface area contributed by atoms with Gasteiger partial charge in [-0.05, 0) is 67.1 Å². The monoisotopic (exact) mass is 540 g/mol. The minimum absolute atomic E-state index is 0.0494. The first-order valence-corrected chi connectivity index (χ1v) is 15.0. The molecule has 3 amide bonds. The second-order valence-corrected chi connectivity index (χ2v) is 12.3. The zero-order valence-corrected chi connectivity index (χ0v) is 22.6. The van der Waals surface area contributed by atoms with Crippen LogP contribution >= 0.6 is 11.3 Å². The highest BCUT2D eigenvalue weighted by Crippen LogP contribution is 2.25. The lowest BCUT2D eigenvalue weighted by molar-refractivity contribution is 0.0951. The van der Waals surface area contributed by atoms with Crippen molar-refractivity contribution >= 4 is 38.8 Å². The maximum Gasteiger partial charge on any atom is 0.319 e. The summed E-state index contributed by atoms with van der Waals surface area (Å²) in [4.78, 5) is 28.8. The summed E-state index contributed by atoms with van der Waals surface area (Å²) in [6.07, 6.45) is 2.83. The van der Waals surface area contributed by atoms with Gasteiger partial charge in [-0.15, -0.1) is 11.3 Å². The summed E-state index contributed by atoms with van der Waals surface area (Å²) in [5, 5.41) is 10.7. The Morgan fingerprint density at radius 1 is 1.05 bits per heavy atom. The van der Waals surface area contributed by atoms with Crippen LogP contribution in [0.4, 0.5) is 10.5 Å². The van der Waals surface area contributed by atoms with Crippen molar-refractivity contribution in [3.63, 3.8) is 0 Å². The van der Waals surface area contributed by atoms with Gasteiger partial charge < -0.3 is 16.0 Å². The van der Waals surface area contributed by atoms with Crippen LogP contribution in [0.3, 0.4) is 0 Å². The molecule has 0 saturated carbocycles. The van der Waals surface area contributed by atoms with Crippen molar-refractivity contribution in [3.05, 3.63) is 82.0 Å². The van der Waals surface area contributed by atoms with Crippen LogP contribution in [0.1, 0.15) is 46.6 Å². The maximum absolute atomic E-state index is 12.6. The van der Waals surface area contributed by atoms with Crippen LogP contribution in [0.2, 0.25) is 0 Å². The molecule has 3 aromatic rings. The van der Waals surface area contributed by atoms with Crippen molar-refractivity contribution in [1.82, 2.24) is 15.5 Å². The molecule has 1 saturated heterocycles. The van der Waals surface area contributed by atoms with E-state index in [0.29, 0.717) is 22.7 Å². The summed E-state index contributed by atoms with van der Waals surface area (Å²) < 4.78 is 23.4. The Balaban J connectivity index is 1.24. The highest BCUT2D eigenvalue weighted by atomic mass is 32.2. The van der Waals surface area contributed by atoms with Gasteiger partial charge in [0.15, 0.2) is 9.84 Å². The van der Waals surface area contributed by atoms with Crippen LogP contribution in [0.15, 0.2) is 70.9 Å². The summed E-state index contributed by atoms with van der Waals surface area (Å²) in [6, 6.07) is 17.8. The minimum Gasteiger partial charge on any atom is -0.347 e. The Labute approximate surface area is 222 Å². The van der Waals surface area contributed by atoms with E-state index in [0.717, 1.165) is 36.4 Å². The van der Waals surface area contributed by atoms with Crippen LogP contribution in [0, 0.1) is 0 Å². The molecule has 0 spiro atoms. The molecule has 1 unspecified atom stereocenters. The SMILES string of the molecule is CC(c1ccc(S(C)(=O)=O)cc1)N1CCC(NC(=O)Nc2cccc(C(=O)NCc3cccs3)c2)CC1. The van der Waals surface area contributed by atoms with Gasteiger partial charge in [0.25, 0.3) is 5.91 Å². The van der Waals surface area contributed by atoms with Gasteiger partial charge in [-0.25, -0.2) is 13.2 Å². The predicted molar refractivity (Wildman–Crippen MR) is 147 cm³/mol. The van der Waals surface area contributed by atoms with E-state index in [2.05, 4.69) is 27.8 Å². The van der Waals surface area contributed by atoms with E-state index in [4.69, 9.17) is 0 Å². The van der Waals surface area contributed by atoms with Crippen molar-refractivity contribution in [2.45, 2.75) is 43.3 Å². The van der Waals surface area contributed by atoms with Gasteiger partial charge in [0.2, 0.25) is 0 Å². The molecule has 10 heteroatoms. The van der Waals surface area contributed by atoms with E-state index in [9.17, 15) is 18.0 Å². The van der Waals surface area contributed by atoms with Gasteiger partial charge >= 0.3 is 6.03 Å². The average Bonchev–Trinajstić information content (AvgIpc) is 3.41. The number of anilines is 1. The minimum atomic E-state index is -3.21. The number of sulfone groups is 1. The molecule has 8 nitrogen and oxygen atoms in total. The quantitative estimate of drug-likeness (QED) is 0.392. The number of piperidine rings is 1. The first kappa shape index (κ1) is 26.8. The molecule has 4 rings (SSSR count). The number of likely N-dealkylation sites (tertiary alicyclic amines) is 1. The summed E-state index contributed by atoms with van der Waals surface area (Å²) >= 11 is 1.59. The summed E-state index contributed by atoms with van der Waals surface area (Å²) in [5.74, 6) is -0.190. The molecule has 0 aliphatic carbocycles. The second-order valence-electron chi connectivity index (χ2n) is 9.27. The van der Waals surface area contributed by atoms with Crippen molar-refractivity contribution in [1.29, 1.82) is 0 Å². The van der Waals surface area contributed by atoms with Crippen LogP contribution < -0.4 is 16.0 Å². The molecule has 2 aromatic carbocycles. The fourth-order valence-corrected chi connectivity index (χ4v) is 5.68. The van der Waals surface area contributed by atoms with Gasteiger partial charge in [-0.2, -0.15) is 0 Å². The molecule has 0 radical (unpaired) electrons. The molecule has 0 bridgehead atoms. The largest absolute Gasteiger partial charge is 0.347 e. The van der Waals surface area contributed by atoms with E-state index in [1.165, 1.54) is 6.26 Å². The number of thiophene rings is 1. The highest BCUT2D eigenvalue weighted by Gasteiger charge is 2.25. The molecule has 1 aliphatic rings. The lowest BCUT2D eigenvalue weighted by atomic mass is 10.0. The van der Waals surface area contributed by atoms with Crippen LogP contribution in [-0.2, 0) is 16.4 Å². The van der Waals surface area contributed by atoms with Gasteiger partial charge in [-0.1, -0.05) is 24.3 Å². The van der Waals surface area contributed by atoms with Crippen molar-refractivity contribution < 1.29 is 18.0 Å². The molecule has 37 heavy (non-hydrogen) atoms. The number of nitrogens with one attached hydrogen (secondary N) is 3. The van der Waals surface area contributed by atoms with Gasteiger partial charge in [0, 0.05) is 47.6 Å². The molecule has 1 atom stereocenters. The number of carbonyl (C=O) groups excluding carboxylic acids is 2. The third kappa shape index (κ3) is 7.41. The fourth-order valence-electron chi connectivity index (χ4n) is 4.41. The number of rotatable bonds is 8. The summed E-state index contributed by atoms with van der Waals surface area (Å²) in [6.45, 7) is 4.22. The Morgan fingerprint density at radius 3 is 2.43 bits per heavy atom. The molecule has 196 valence electrons. The first-order valence-electron chi connectivity index (χ1n) is 12.2. The molecular weight excluding hydrogens is 508 g/mol. The zero-order chi connectivity index (χ0) is 26.4. The molecule has 1 aromatic heterocycles. The Hall–Kier alpha value is -3.21. The average molecular weight is 541 g/mol. The van der Waals surface area contributed by atoms with Crippen molar-refractivity contribution in [2.24, 2.45) is 0 Å². The van der Waals surface area contributed by atoms with Gasteiger partial charge in [-0.3, -0.25) is 9.69 Å². The number of hydrogen-bond acceptors (Lipinski definition) is 6. The standard InChI is InChI=1S/C27H32N4O4S2/c1-19(20-8-10-25(11-9-20)37(2,34)35)31-14-12-22(13-15-31)29-27(33)30-23-6-3-5-21(17-23)26(32)28-18-24-7-4-16-36-24/h3-11,16-17,19,22H,12-15,18H2,1-2H3,(H,28,32)(H2,29,30,33). The predicted octanol–water partition coefficient (Wildman–Crippen LogP) is 4.43. The molecule has 1 fully saturated rings. The van der Waals surface area contributed by atoms with E-state index >= 15 is 0 Å². The third-order valence-electron chi connectivity index (χ3n) is 6.59. The number of hydrogen-bond donors (Lipinski definition) is 3. The van der Waals surface area contributed by atoms with Gasteiger partial charge in [0.1, 0.15) is 0 Å². The third-order valence-corrected chi connectivity index (χ3v) is 8.59. The fraction of sp³-hybridized carbons (Fsp3) is 0.333. The molecule has 2 heterocycles. The Bertz CT molecular complexity index is 1320. The van der Waals surface area contributed by atoms with E-state index in [1.807, 2.05) is 29.6 Å². The maximum atomic E-state index is 12.6. The van der Waals surface area contributed by atoms with E-state index in [1.54, 1.807) is 47.7 Å². The topological polar surface area (TPSA) is 108 Å². The first-order chi connectivity index (χ1) is 17.7. The Morgan fingerprint density at radius 2 is 1.78 bits per heavy atom. The van der Waals surface area contributed by atoms with Crippen LogP contribution in [0.5, 0.6) is 0 Å². The normalized spacial score (nSPS) is 15.6. The molecule has 1 aliphatic heterocycles. The number of carbonyl (C=O) groups is 2. The number of benzene rings is 2. The molecular formula is C27H32N4O4S2. The molecule has 3 N–H and O–H groups in total. The Kier molecular flexibility index (Phi) is 8.63. The van der Waals surface area contributed by atoms with Crippen molar-refractivity contribution in [2.75, 3.05) is 24.7 Å².